The first-order chi connectivity index (χ1) is 11.3. The van der Waals surface area contributed by atoms with Crippen molar-refractivity contribution in [2.45, 2.75) is 27.2 Å². The number of nitrogens with zero attached hydrogens (tertiary/aromatic N) is 3. The molecule has 0 saturated carbocycles. The van der Waals surface area contributed by atoms with Crippen molar-refractivity contribution in [3.05, 3.63) is 48.7 Å². The van der Waals surface area contributed by atoms with Crippen LogP contribution < -0.4 is 5.32 Å². The van der Waals surface area contributed by atoms with Crippen LogP contribution in [0.2, 0.25) is 0 Å². The SMILES string of the molecule is CC(C)(C)CC(=O)Nc1nc2ccc(F)cn2c1-c1cccnc1. The first-order valence-electron chi connectivity index (χ1n) is 7.71. The highest BCUT2D eigenvalue weighted by atomic mass is 19.1. The molecular formula is C18H19FN4O. The molecular weight excluding hydrogens is 307 g/mol. The predicted octanol–water partition coefficient (Wildman–Crippen LogP) is 3.91. The second-order valence-corrected chi connectivity index (χ2v) is 6.91. The molecule has 3 heterocycles. The fraction of sp³-hybridized carbons (Fsp3) is 0.278. The van der Waals surface area contributed by atoms with Gasteiger partial charge in [0.25, 0.3) is 0 Å². The van der Waals surface area contributed by atoms with Crippen LogP contribution in [0.4, 0.5) is 10.2 Å². The van der Waals surface area contributed by atoms with Gasteiger partial charge >= 0.3 is 0 Å². The van der Waals surface area contributed by atoms with E-state index in [4.69, 9.17) is 0 Å². The average molecular weight is 326 g/mol. The number of rotatable bonds is 3. The quantitative estimate of drug-likeness (QED) is 0.794. The zero-order valence-electron chi connectivity index (χ0n) is 13.9. The van der Waals surface area contributed by atoms with E-state index >= 15 is 0 Å². The van der Waals surface area contributed by atoms with Gasteiger partial charge in [-0.3, -0.25) is 14.2 Å². The highest BCUT2D eigenvalue weighted by Crippen LogP contribution is 2.29. The second kappa shape index (κ2) is 6.03. The Labute approximate surface area is 139 Å². The molecule has 0 aliphatic carbocycles. The summed E-state index contributed by atoms with van der Waals surface area (Å²) in [6.45, 7) is 5.98. The minimum Gasteiger partial charge on any atom is -0.309 e. The van der Waals surface area contributed by atoms with Crippen molar-refractivity contribution in [1.82, 2.24) is 14.4 Å². The van der Waals surface area contributed by atoms with Gasteiger partial charge in [0.1, 0.15) is 11.5 Å². The second-order valence-electron chi connectivity index (χ2n) is 6.91. The molecule has 0 spiro atoms. The molecule has 0 aliphatic rings. The minimum absolute atomic E-state index is 0.128. The lowest BCUT2D eigenvalue weighted by Gasteiger charge is -2.17. The minimum atomic E-state index is -0.377. The van der Waals surface area contributed by atoms with E-state index in [1.807, 2.05) is 26.8 Å². The molecule has 3 aromatic rings. The van der Waals surface area contributed by atoms with Crippen molar-refractivity contribution in [1.29, 1.82) is 0 Å². The molecule has 0 aromatic carbocycles. The summed E-state index contributed by atoms with van der Waals surface area (Å²) in [4.78, 5) is 20.8. The summed E-state index contributed by atoms with van der Waals surface area (Å²) in [5.41, 5.74) is 1.78. The molecule has 1 N–H and O–H groups in total. The van der Waals surface area contributed by atoms with Crippen LogP contribution in [0.5, 0.6) is 0 Å². The van der Waals surface area contributed by atoms with Crippen molar-refractivity contribution in [2.75, 3.05) is 5.32 Å². The van der Waals surface area contributed by atoms with E-state index in [1.165, 1.54) is 12.3 Å². The fourth-order valence-electron chi connectivity index (χ4n) is 2.54. The Kier molecular flexibility index (Phi) is 4.05. The van der Waals surface area contributed by atoms with Crippen LogP contribution in [-0.4, -0.2) is 20.3 Å². The number of hydrogen-bond acceptors (Lipinski definition) is 3. The lowest BCUT2D eigenvalue weighted by molar-refractivity contribution is -0.117. The van der Waals surface area contributed by atoms with Gasteiger partial charge in [0, 0.05) is 30.6 Å². The van der Waals surface area contributed by atoms with Gasteiger partial charge in [0.2, 0.25) is 5.91 Å². The average Bonchev–Trinajstić information content (AvgIpc) is 2.83. The summed E-state index contributed by atoms with van der Waals surface area (Å²) in [5, 5.41) is 2.85. The zero-order valence-corrected chi connectivity index (χ0v) is 13.9. The molecule has 0 fully saturated rings. The Morgan fingerprint density at radius 2 is 2.08 bits per heavy atom. The molecule has 0 atom stereocenters. The molecule has 6 heteroatoms. The molecule has 1 amide bonds. The Morgan fingerprint density at radius 3 is 2.75 bits per heavy atom. The third-order valence-corrected chi connectivity index (χ3v) is 3.47. The molecule has 5 nitrogen and oxygen atoms in total. The molecule has 0 saturated heterocycles. The van der Waals surface area contributed by atoms with Crippen molar-refractivity contribution < 1.29 is 9.18 Å². The van der Waals surface area contributed by atoms with Crippen LogP contribution in [0.25, 0.3) is 16.9 Å². The third kappa shape index (κ3) is 3.42. The van der Waals surface area contributed by atoms with Crippen molar-refractivity contribution in [3.63, 3.8) is 0 Å². The molecule has 3 rings (SSSR count). The molecule has 0 radical (unpaired) electrons. The van der Waals surface area contributed by atoms with Crippen molar-refractivity contribution in [2.24, 2.45) is 5.41 Å². The number of anilines is 1. The van der Waals surface area contributed by atoms with E-state index in [0.717, 1.165) is 5.56 Å². The summed E-state index contributed by atoms with van der Waals surface area (Å²) >= 11 is 0. The number of nitrogens with one attached hydrogen (secondary N) is 1. The smallest absolute Gasteiger partial charge is 0.226 e. The normalized spacial score (nSPS) is 11.7. The molecule has 0 bridgehead atoms. The molecule has 24 heavy (non-hydrogen) atoms. The predicted molar refractivity (Wildman–Crippen MR) is 91.1 cm³/mol. The van der Waals surface area contributed by atoms with Crippen LogP contribution in [0.15, 0.2) is 42.9 Å². The maximum atomic E-state index is 13.7. The first-order valence-corrected chi connectivity index (χ1v) is 7.71. The van der Waals surface area contributed by atoms with E-state index < -0.39 is 0 Å². The van der Waals surface area contributed by atoms with Gasteiger partial charge < -0.3 is 5.32 Å². The monoisotopic (exact) mass is 326 g/mol. The maximum absolute atomic E-state index is 13.7. The lowest BCUT2D eigenvalue weighted by atomic mass is 9.92. The maximum Gasteiger partial charge on any atom is 0.226 e. The van der Waals surface area contributed by atoms with Crippen LogP contribution >= 0.6 is 0 Å². The first kappa shape index (κ1) is 16.1. The molecule has 0 aliphatic heterocycles. The fourth-order valence-corrected chi connectivity index (χ4v) is 2.54. The van der Waals surface area contributed by atoms with Crippen molar-refractivity contribution >= 4 is 17.4 Å². The van der Waals surface area contributed by atoms with Gasteiger partial charge in [0.15, 0.2) is 5.82 Å². The van der Waals surface area contributed by atoms with E-state index in [2.05, 4.69) is 15.3 Å². The van der Waals surface area contributed by atoms with Gasteiger partial charge in [-0.1, -0.05) is 20.8 Å². The van der Waals surface area contributed by atoms with Gasteiger partial charge in [-0.2, -0.15) is 0 Å². The molecule has 124 valence electrons. The summed E-state index contributed by atoms with van der Waals surface area (Å²) < 4.78 is 15.3. The highest BCUT2D eigenvalue weighted by molar-refractivity contribution is 5.94. The number of fused-ring (bicyclic) bond motifs is 1. The van der Waals surface area contributed by atoms with Gasteiger partial charge in [-0.25, -0.2) is 9.37 Å². The van der Waals surface area contributed by atoms with Crippen LogP contribution in [0, 0.1) is 11.2 Å². The summed E-state index contributed by atoms with van der Waals surface area (Å²) in [6.07, 6.45) is 5.03. The number of aromatic nitrogens is 3. The third-order valence-electron chi connectivity index (χ3n) is 3.47. The van der Waals surface area contributed by atoms with Gasteiger partial charge in [0.05, 0.1) is 5.69 Å². The summed E-state index contributed by atoms with van der Waals surface area (Å²) in [6, 6.07) is 6.56. The lowest BCUT2D eigenvalue weighted by Crippen LogP contribution is -2.20. The van der Waals surface area contributed by atoms with E-state index in [1.54, 1.807) is 28.9 Å². The number of halogens is 1. The van der Waals surface area contributed by atoms with Crippen LogP contribution in [0.1, 0.15) is 27.2 Å². The number of hydrogen-bond donors (Lipinski definition) is 1. The Balaban J connectivity index is 2.08. The van der Waals surface area contributed by atoms with Crippen LogP contribution in [0.3, 0.4) is 0 Å². The Hall–Kier alpha value is -2.76. The standard InChI is InChI=1S/C18H19FN4O/c1-18(2,3)9-15(24)22-17-16(12-5-4-8-20-10-12)23-11-13(19)6-7-14(23)21-17/h4-8,10-11H,9H2,1-3H3,(H,22,24). The van der Waals surface area contributed by atoms with Gasteiger partial charge in [-0.05, 0) is 29.7 Å². The number of amides is 1. The van der Waals surface area contributed by atoms with Crippen molar-refractivity contribution in [3.8, 4) is 11.3 Å². The molecule has 3 aromatic heterocycles. The van der Waals surface area contributed by atoms with E-state index in [0.29, 0.717) is 23.6 Å². The van der Waals surface area contributed by atoms with Gasteiger partial charge in [-0.15, -0.1) is 0 Å². The summed E-state index contributed by atoms with van der Waals surface area (Å²) in [7, 11) is 0. The number of carbonyl (C=O) groups excluding carboxylic acids is 1. The number of imidazole rings is 1. The largest absolute Gasteiger partial charge is 0.309 e. The van der Waals surface area contributed by atoms with Crippen LogP contribution in [-0.2, 0) is 4.79 Å². The summed E-state index contributed by atoms with van der Waals surface area (Å²) in [5.74, 6) is -0.100. The topological polar surface area (TPSA) is 59.3 Å². The zero-order chi connectivity index (χ0) is 17.3. The van der Waals surface area contributed by atoms with E-state index in [9.17, 15) is 9.18 Å². The number of pyridine rings is 2. The van der Waals surface area contributed by atoms with E-state index in [-0.39, 0.29) is 17.1 Å². The highest BCUT2D eigenvalue weighted by Gasteiger charge is 2.20. The Bertz CT molecular complexity index is 881. The Morgan fingerprint density at radius 1 is 1.29 bits per heavy atom. The molecule has 0 unspecified atom stereocenters. The number of carbonyl (C=O) groups is 1.